The average molecular weight is 334 g/mol. The van der Waals surface area contributed by atoms with E-state index in [0.717, 1.165) is 0 Å². The standard InChI is InChI=1S/C8H7ClF2INO/c9-2-6-4(8(10)11)1-5(12)7(3-14)13-6/h1,8,14H,2-3H2. The number of hydrogen-bond donors (Lipinski definition) is 1. The quantitative estimate of drug-likeness (QED) is 0.681. The molecule has 0 aliphatic heterocycles. The second-order valence-electron chi connectivity index (χ2n) is 2.55. The first-order chi connectivity index (χ1) is 6.60. The van der Waals surface area contributed by atoms with E-state index in [-0.39, 0.29) is 23.7 Å². The molecule has 1 aromatic rings. The Bertz CT molecular complexity index is 335. The predicted octanol–water partition coefficient (Wildman–Crippen LogP) is 2.85. The molecule has 0 unspecified atom stereocenters. The predicted molar refractivity (Wildman–Crippen MR) is 57.4 cm³/mol. The molecular formula is C8H7ClF2INO. The van der Waals surface area contributed by atoms with Gasteiger partial charge in [-0.3, -0.25) is 4.98 Å². The molecule has 14 heavy (non-hydrogen) atoms. The third kappa shape index (κ3) is 2.52. The lowest BCUT2D eigenvalue weighted by Crippen LogP contribution is -2.03. The van der Waals surface area contributed by atoms with Crippen molar-refractivity contribution in [3.8, 4) is 0 Å². The van der Waals surface area contributed by atoms with Gasteiger partial charge in [-0.25, -0.2) is 8.78 Å². The number of hydrogen-bond acceptors (Lipinski definition) is 2. The summed E-state index contributed by atoms with van der Waals surface area (Å²) >= 11 is 7.33. The number of aromatic nitrogens is 1. The van der Waals surface area contributed by atoms with E-state index in [9.17, 15) is 8.78 Å². The molecule has 1 N–H and O–H groups in total. The van der Waals surface area contributed by atoms with E-state index >= 15 is 0 Å². The first-order valence-electron chi connectivity index (χ1n) is 3.73. The molecule has 0 fully saturated rings. The Morgan fingerprint density at radius 2 is 2.14 bits per heavy atom. The highest BCUT2D eigenvalue weighted by Crippen LogP contribution is 2.26. The molecule has 78 valence electrons. The summed E-state index contributed by atoms with van der Waals surface area (Å²) in [5.74, 6) is -0.0798. The first-order valence-corrected chi connectivity index (χ1v) is 5.34. The van der Waals surface area contributed by atoms with Crippen LogP contribution in [0.5, 0.6) is 0 Å². The molecule has 0 saturated carbocycles. The number of aliphatic hydroxyl groups is 1. The maximum Gasteiger partial charge on any atom is 0.265 e. The molecule has 0 atom stereocenters. The van der Waals surface area contributed by atoms with E-state index < -0.39 is 6.43 Å². The van der Waals surface area contributed by atoms with Crippen LogP contribution in [0.4, 0.5) is 8.78 Å². The van der Waals surface area contributed by atoms with E-state index in [1.165, 1.54) is 6.07 Å². The van der Waals surface area contributed by atoms with Crippen LogP contribution in [0.15, 0.2) is 6.07 Å². The molecule has 0 radical (unpaired) electrons. The van der Waals surface area contributed by atoms with Gasteiger partial charge >= 0.3 is 0 Å². The van der Waals surface area contributed by atoms with Crippen molar-refractivity contribution in [3.63, 3.8) is 0 Å². The number of rotatable bonds is 3. The highest BCUT2D eigenvalue weighted by Gasteiger charge is 2.16. The van der Waals surface area contributed by atoms with Gasteiger partial charge in [-0.15, -0.1) is 11.6 Å². The molecule has 0 spiro atoms. The van der Waals surface area contributed by atoms with Crippen molar-refractivity contribution in [2.24, 2.45) is 0 Å². The number of halogens is 4. The summed E-state index contributed by atoms with van der Waals surface area (Å²) in [6.07, 6.45) is -2.59. The SMILES string of the molecule is OCc1nc(CCl)c(C(F)F)cc1I. The van der Waals surface area contributed by atoms with Crippen LogP contribution in [-0.4, -0.2) is 10.1 Å². The Kier molecular flexibility index (Phi) is 4.46. The fraction of sp³-hybridized carbons (Fsp3) is 0.375. The zero-order valence-electron chi connectivity index (χ0n) is 6.98. The van der Waals surface area contributed by atoms with Gasteiger partial charge in [0.25, 0.3) is 6.43 Å². The van der Waals surface area contributed by atoms with Gasteiger partial charge in [-0.05, 0) is 28.7 Å². The van der Waals surface area contributed by atoms with Gasteiger partial charge < -0.3 is 5.11 Å². The molecule has 1 rings (SSSR count). The van der Waals surface area contributed by atoms with Crippen molar-refractivity contribution < 1.29 is 13.9 Å². The minimum absolute atomic E-state index is 0.0798. The maximum absolute atomic E-state index is 12.5. The summed E-state index contributed by atoms with van der Waals surface area (Å²) in [5.41, 5.74) is 0.346. The number of pyridine rings is 1. The van der Waals surface area contributed by atoms with Gasteiger partial charge in [0.2, 0.25) is 0 Å². The third-order valence-corrected chi connectivity index (χ3v) is 2.86. The summed E-state index contributed by atoms with van der Waals surface area (Å²) < 4.78 is 25.5. The van der Waals surface area contributed by atoms with Crippen LogP contribution in [0.1, 0.15) is 23.4 Å². The second kappa shape index (κ2) is 5.18. The Labute approximate surface area is 98.4 Å². The molecule has 1 heterocycles. The van der Waals surface area contributed by atoms with E-state index in [1.54, 1.807) is 0 Å². The van der Waals surface area contributed by atoms with Crippen LogP contribution in [0.3, 0.4) is 0 Å². The minimum atomic E-state index is -2.59. The lowest BCUT2D eigenvalue weighted by Gasteiger charge is -2.08. The van der Waals surface area contributed by atoms with Crippen molar-refractivity contribution in [2.45, 2.75) is 18.9 Å². The molecule has 6 heteroatoms. The van der Waals surface area contributed by atoms with E-state index in [2.05, 4.69) is 4.98 Å². The van der Waals surface area contributed by atoms with Gasteiger partial charge in [0.15, 0.2) is 0 Å². The fourth-order valence-electron chi connectivity index (χ4n) is 0.991. The van der Waals surface area contributed by atoms with Crippen LogP contribution < -0.4 is 0 Å². The van der Waals surface area contributed by atoms with Crippen LogP contribution >= 0.6 is 34.2 Å². The Morgan fingerprint density at radius 3 is 2.57 bits per heavy atom. The van der Waals surface area contributed by atoms with E-state index in [0.29, 0.717) is 9.26 Å². The smallest absolute Gasteiger partial charge is 0.265 e. The van der Waals surface area contributed by atoms with Gasteiger partial charge in [0.05, 0.1) is 23.9 Å². The van der Waals surface area contributed by atoms with Crippen molar-refractivity contribution in [1.82, 2.24) is 4.98 Å². The zero-order valence-corrected chi connectivity index (χ0v) is 9.89. The molecule has 2 nitrogen and oxygen atoms in total. The van der Waals surface area contributed by atoms with Crippen LogP contribution in [-0.2, 0) is 12.5 Å². The van der Waals surface area contributed by atoms with Crippen molar-refractivity contribution in [2.75, 3.05) is 0 Å². The van der Waals surface area contributed by atoms with Crippen molar-refractivity contribution >= 4 is 34.2 Å². The van der Waals surface area contributed by atoms with E-state index in [1.807, 2.05) is 22.6 Å². The van der Waals surface area contributed by atoms with Crippen molar-refractivity contribution in [1.29, 1.82) is 0 Å². The zero-order chi connectivity index (χ0) is 10.7. The second-order valence-corrected chi connectivity index (χ2v) is 3.97. The number of alkyl halides is 3. The van der Waals surface area contributed by atoms with E-state index in [4.69, 9.17) is 16.7 Å². The normalized spacial score (nSPS) is 11.0. The number of nitrogens with zero attached hydrogens (tertiary/aromatic N) is 1. The largest absolute Gasteiger partial charge is 0.390 e. The highest BCUT2D eigenvalue weighted by molar-refractivity contribution is 14.1. The summed E-state index contributed by atoms with van der Waals surface area (Å²) in [7, 11) is 0. The van der Waals surface area contributed by atoms with Crippen LogP contribution in [0.25, 0.3) is 0 Å². The lowest BCUT2D eigenvalue weighted by molar-refractivity contribution is 0.149. The molecule has 0 amide bonds. The summed E-state index contributed by atoms with van der Waals surface area (Å²) in [6.45, 7) is -0.272. The first kappa shape index (κ1) is 12.1. The topological polar surface area (TPSA) is 33.1 Å². The summed E-state index contributed by atoms with van der Waals surface area (Å²) in [6, 6.07) is 1.31. The lowest BCUT2D eigenvalue weighted by atomic mass is 10.2. The minimum Gasteiger partial charge on any atom is -0.390 e. The third-order valence-electron chi connectivity index (χ3n) is 1.67. The van der Waals surface area contributed by atoms with Gasteiger partial charge in [0, 0.05) is 9.13 Å². The molecular weight excluding hydrogens is 326 g/mol. The van der Waals surface area contributed by atoms with Crippen molar-refractivity contribution in [3.05, 3.63) is 26.6 Å². The Hall–Kier alpha value is -0.0100. The monoisotopic (exact) mass is 333 g/mol. The fourth-order valence-corrected chi connectivity index (χ4v) is 1.83. The molecule has 0 saturated heterocycles. The van der Waals surface area contributed by atoms with Gasteiger partial charge in [0.1, 0.15) is 0 Å². The maximum atomic E-state index is 12.5. The van der Waals surface area contributed by atoms with Crippen LogP contribution in [0.2, 0.25) is 0 Å². The Morgan fingerprint density at radius 1 is 1.50 bits per heavy atom. The number of aliphatic hydroxyl groups excluding tert-OH is 1. The highest BCUT2D eigenvalue weighted by atomic mass is 127. The molecule has 1 aromatic heterocycles. The van der Waals surface area contributed by atoms with Gasteiger partial charge in [-0.1, -0.05) is 0 Å². The van der Waals surface area contributed by atoms with Gasteiger partial charge in [-0.2, -0.15) is 0 Å². The molecule has 0 aliphatic carbocycles. The average Bonchev–Trinajstić information content (AvgIpc) is 2.17. The van der Waals surface area contributed by atoms with Crippen LogP contribution in [0, 0.1) is 3.57 Å². The summed E-state index contributed by atoms with van der Waals surface area (Å²) in [5, 5.41) is 8.87. The molecule has 0 aromatic carbocycles. The summed E-state index contributed by atoms with van der Waals surface area (Å²) in [4.78, 5) is 3.86. The molecule has 0 aliphatic rings. The Balaban J connectivity index is 3.24. The molecule has 0 bridgehead atoms.